The Bertz CT molecular complexity index is 687. The normalized spacial score (nSPS) is 17.6. The van der Waals surface area contributed by atoms with Gasteiger partial charge in [-0.2, -0.15) is 0 Å². The van der Waals surface area contributed by atoms with Crippen LogP contribution < -0.4 is 5.32 Å². The van der Waals surface area contributed by atoms with Crippen LogP contribution in [0.5, 0.6) is 0 Å². The molecule has 25 heavy (non-hydrogen) atoms. The molecule has 0 aliphatic heterocycles. The van der Waals surface area contributed by atoms with Crippen LogP contribution >= 0.6 is 0 Å². The van der Waals surface area contributed by atoms with Crippen molar-refractivity contribution in [2.24, 2.45) is 0 Å². The number of pyridine rings is 1. The molecule has 0 fully saturated rings. The molecule has 4 heteroatoms. The number of rotatable bonds is 7. The molecule has 1 aliphatic carbocycles. The Morgan fingerprint density at radius 2 is 2.12 bits per heavy atom. The van der Waals surface area contributed by atoms with Crippen LogP contribution in [0.15, 0.2) is 48.7 Å². The minimum atomic E-state index is -0.229. The van der Waals surface area contributed by atoms with E-state index in [1.54, 1.807) is 6.20 Å². The highest BCUT2D eigenvalue weighted by Crippen LogP contribution is 2.32. The summed E-state index contributed by atoms with van der Waals surface area (Å²) in [6, 6.07) is 14.2. The molecule has 0 saturated heterocycles. The van der Waals surface area contributed by atoms with Gasteiger partial charge in [0.1, 0.15) is 0 Å². The van der Waals surface area contributed by atoms with Crippen molar-refractivity contribution >= 4 is 5.91 Å². The van der Waals surface area contributed by atoms with Gasteiger partial charge in [0.25, 0.3) is 0 Å². The molecule has 4 nitrogen and oxygen atoms in total. The third-order valence-electron chi connectivity index (χ3n) is 4.78. The molecule has 0 spiro atoms. The number of aromatic nitrogens is 1. The van der Waals surface area contributed by atoms with E-state index in [0.29, 0.717) is 13.2 Å². The zero-order chi connectivity index (χ0) is 17.5. The summed E-state index contributed by atoms with van der Waals surface area (Å²) in [5, 5.41) is 2.98. The minimum absolute atomic E-state index is 0.0155. The Morgan fingerprint density at radius 1 is 1.28 bits per heavy atom. The summed E-state index contributed by atoms with van der Waals surface area (Å²) in [4.78, 5) is 16.4. The maximum atomic E-state index is 12.2. The van der Waals surface area contributed by atoms with Gasteiger partial charge in [-0.05, 0) is 55.9 Å². The van der Waals surface area contributed by atoms with Gasteiger partial charge in [-0.1, -0.05) is 30.3 Å². The molecule has 0 saturated carbocycles. The monoisotopic (exact) mass is 338 g/mol. The van der Waals surface area contributed by atoms with Gasteiger partial charge in [-0.3, -0.25) is 9.78 Å². The maximum Gasteiger partial charge on any atom is 0.228 e. The molecule has 1 aliphatic rings. The lowest BCUT2D eigenvalue weighted by atomic mass is 9.89. The van der Waals surface area contributed by atoms with Crippen LogP contribution in [0.3, 0.4) is 0 Å². The van der Waals surface area contributed by atoms with E-state index in [1.807, 2.05) is 25.1 Å². The van der Waals surface area contributed by atoms with E-state index in [4.69, 9.17) is 4.74 Å². The number of hydrogen-bond acceptors (Lipinski definition) is 3. The largest absolute Gasteiger partial charge is 0.373 e. The zero-order valence-electron chi connectivity index (χ0n) is 14.8. The number of aryl methyl sites for hydroxylation is 1. The lowest BCUT2D eigenvalue weighted by Gasteiger charge is -2.25. The van der Waals surface area contributed by atoms with Crippen LogP contribution in [0.1, 0.15) is 55.0 Å². The first kappa shape index (κ1) is 17.6. The molecule has 0 radical (unpaired) electrons. The summed E-state index contributed by atoms with van der Waals surface area (Å²) in [5.41, 5.74) is 3.55. The molecular weight excluding hydrogens is 312 g/mol. The molecule has 1 amide bonds. The molecular formula is C21H26N2O2. The number of nitrogens with zero attached hydrogens (tertiary/aromatic N) is 1. The molecule has 0 bridgehead atoms. The maximum absolute atomic E-state index is 12.2. The number of benzene rings is 1. The average molecular weight is 338 g/mol. The van der Waals surface area contributed by atoms with Crippen molar-refractivity contribution in [1.82, 2.24) is 10.3 Å². The Balaban J connectivity index is 1.39. The van der Waals surface area contributed by atoms with E-state index in [9.17, 15) is 4.79 Å². The highest BCUT2D eigenvalue weighted by molar-refractivity contribution is 5.82. The molecule has 1 aromatic carbocycles. The third-order valence-corrected chi connectivity index (χ3v) is 4.78. The van der Waals surface area contributed by atoms with Gasteiger partial charge < -0.3 is 10.1 Å². The van der Waals surface area contributed by atoms with Crippen molar-refractivity contribution < 1.29 is 9.53 Å². The van der Waals surface area contributed by atoms with Crippen molar-refractivity contribution in [2.75, 3.05) is 13.2 Å². The predicted octanol–water partition coefficient (Wildman–Crippen LogP) is 3.79. The number of carbonyl (C=O) groups excluding carboxylic acids is 1. The lowest BCUT2D eigenvalue weighted by molar-refractivity contribution is -0.122. The number of nitrogens with one attached hydrogen (secondary N) is 1. The van der Waals surface area contributed by atoms with Crippen molar-refractivity contribution in [3.63, 3.8) is 0 Å². The van der Waals surface area contributed by atoms with Crippen molar-refractivity contribution in [3.8, 4) is 0 Å². The van der Waals surface area contributed by atoms with Crippen LogP contribution in [0, 0.1) is 0 Å². The van der Waals surface area contributed by atoms with E-state index in [1.165, 1.54) is 17.5 Å². The number of carbonyl (C=O) groups is 1. The predicted molar refractivity (Wildman–Crippen MR) is 98.4 cm³/mol. The second-order valence-electron chi connectivity index (χ2n) is 6.57. The smallest absolute Gasteiger partial charge is 0.228 e. The first-order chi connectivity index (χ1) is 12.3. The molecule has 2 atom stereocenters. The SMILES string of the molecule is C[C@@H](C(=O)NCCCO[C@@H]1CCCc2ccccc21)c1ccccn1. The second-order valence-corrected chi connectivity index (χ2v) is 6.57. The molecule has 1 aromatic heterocycles. The van der Waals surface area contributed by atoms with E-state index in [2.05, 4.69) is 34.6 Å². The van der Waals surface area contributed by atoms with Gasteiger partial charge in [0.05, 0.1) is 17.7 Å². The molecule has 132 valence electrons. The van der Waals surface area contributed by atoms with E-state index in [-0.39, 0.29) is 17.9 Å². The van der Waals surface area contributed by atoms with E-state index in [0.717, 1.165) is 25.0 Å². The fourth-order valence-electron chi connectivity index (χ4n) is 3.31. The van der Waals surface area contributed by atoms with Gasteiger partial charge >= 0.3 is 0 Å². The number of fused-ring (bicyclic) bond motifs is 1. The number of hydrogen-bond donors (Lipinski definition) is 1. The van der Waals surface area contributed by atoms with Gasteiger partial charge in [0.15, 0.2) is 0 Å². The van der Waals surface area contributed by atoms with Gasteiger partial charge in [0.2, 0.25) is 5.91 Å². The topological polar surface area (TPSA) is 51.2 Å². The summed E-state index contributed by atoms with van der Waals surface area (Å²) in [7, 11) is 0. The highest BCUT2D eigenvalue weighted by atomic mass is 16.5. The van der Waals surface area contributed by atoms with E-state index < -0.39 is 0 Å². The fraction of sp³-hybridized carbons (Fsp3) is 0.429. The van der Waals surface area contributed by atoms with Crippen LogP contribution in [0.25, 0.3) is 0 Å². The Hall–Kier alpha value is -2.20. The van der Waals surface area contributed by atoms with Crippen LogP contribution in [0.4, 0.5) is 0 Å². The molecule has 1 heterocycles. The highest BCUT2D eigenvalue weighted by Gasteiger charge is 2.20. The van der Waals surface area contributed by atoms with Crippen LogP contribution in [0.2, 0.25) is 0 Å². The van der Waals surface area contributed by atoms with Crippen LogP contribution in [-0.2, 0) is 16.0 Å². The standard InChI is InChI=1S/C21H26N2O2/c1-16(19-11-4-5-13-22-19)21(24)23-14-7-15-25-20-12-6-9-17-8-2-3-10-18(17)20/h2-5,8,10-11,13,16,20H,6-7,9,12,14-15H2,1H3,(H,23,24)/t16-,20-/m1/s1. The summed E-state index contributed by atoms with van der Waals surface area (Å²) in [6.45, 7) is 3.18. The fourth-order valence-corrected chi connectivity index (χ4v) is 3.31. The summed E-state index contributed by atoms with van der Waals surface area (Å²) in [5.74, 6) is -0.214. The van der Waals surface area contributed by atoms with Gasteiger partial charge in [-0.15, -0.1) is 0 Å². The number of amides is 1. The Labute approximate surface area is 149 Å². The summed E-state index contributed by atoms with van der Waals surface area (Å²) in [6.07, 6.45) is 6.15. The number of ether oxygens (including phenoxy) is 1. The molecule has 1 N–H and O–H groups in total. The van der Waals surface area contributed by atoms with Gasteiger partial charge in [0, 0.05) is 19.3 Å². The Kier molecular flexibility index (Phi) is 6.18. The minimum Gasteiger partial charge on any atom is -0.373 e. The first-order valence-electron chi connectivity index (χ1n) is 9.14. The Morgan fingerprint density at radius 3 is 2.96 bits per heavy atom. The molecule has 3 rings (SSSR count). The van der Waals surface area contributed by atoms with Gasteiger partial charge in [-0.25, -0.2) is 0 Å². The second kappa shape index (κ2) is 8.77. The van der Waals surface area contributed by atoms with Crippen molar-refractivity contribution in [2.45, 2.75) is 44.6 Å². The molecule has 2 aromatic rings. The summed E-state index contributed by atoms with van der Waals surface area (Å²) >= 11 is 0. The van der Waals surface area contributed by atoms with Crippen molar-refractivity contribution in [1.29, 1.82) is 0 Å². The quantitative estimate of drug-likeness (QED) is 0.782. The first-order valence-corrected chi connectivity index (χ1v) is 9.14. The third kappa shape index (κ3) is 4.67. The van der Waals surface area contributed by atoms with Crippen molar-refractivity contribution in [3.05, 3.63) is 65.5 Å². The zero-order valence-corrected chi connectivity index (χ0v) is 14.8. The lowest BCUT2D eigenvalue weighted by Crippen LogP contribution is -2.30. The molecule has 0 unspecified atom stereocenters. The van der Waals surface area contributed by atoms with Crippen LogP contribution in [-0.4, -0.2) is 24.0 Å². The van der Waals surface area contributed by atoms with E-state index >= 15 is 0 Å². The average Bonchev–Trinajstić information content (AvgIpc) is 2.67. The summed E-state index contributed by atoms with van der Waals surface area (Å²) < 4.78 is 6.07.